The van der Waals surface area contributed by atoms with Crippen LogP contribution in [-0.2, 0) is 14.4 Å². The number of benzene rings is 1. The summed E-state index contributed by atoms with van der Waals surface area (Å²) in [5.41, 5.74) is 1.68. The van der Waals surface area contributed by atoms with Crippen LogP contribution in [0.25, 0.3) is 0 Å². The third-order valence-corrected chi connectivity index (χ3v) is 5.23. The Morgan fingerprint density at radius 3 is 2.40 bits per heavy atom. The van der Waals surface area contributed by atoms with Crippen LogP contribution in [0.4, 0.5) is 10.5 Å². The van der Waals surface area contributed by atoms with Crippen LogP contribution in [0, 0.1) is 0 Å². The largest absolute Gasteiger partial charge is 0.344 e. The fraction of sp³-hybridized carbons (Fsp3) is 0.474. The van der Waals surface area contributed by atoms with Crippen molar-refractivity contribution in [1.29, 1.82) is 0 Å². The number of rotatable bonds is 9. The van der Waals surface area contributed by atoms with Gasteiger partial charge in [0.15, 0.2) is 0 Å². The molecule has 2 rings (SSSR count). The van der Waals surface area contributed by atoms with Gasteiger partial charge in [-0.05, 0) is 44.5 Å². The molecule has 5 amide bonds. The van der Waals surface area contributed by atoms with Gasteiger partial charge >= 0.3 is 6.03 Å². The smallest absolute Gasteiger partial charge is 0.324 e. The molecule has 0 aromatic heterocycles. The quantitative estimate of drug-likeness (QED) is 0.493. The third-order valence-electron chi connectivity index (χ3n) is 4.68. The van der Waals surface area contributed by atoms with E-state index in [2.05, 4.69) is 16.1 Å². The number of nitrogens with one attached hydrogen (secondary N) is 3. The lowest BCUT2D eigenvalue weighted by molar-refractivity contribution is -0.139. The van der Waals surface area contributed by atoms with E-state index in [9.17, 15) is 19.2 Å². The van der Waals surface area contributed by atoms with E-state index in [0.29, 0.717) is 40.1 Å². The number of hydrogen-bond acceptors (Lipinski definition) is 5. The SMILES string of the molecule is CCCN(CC(=O)Nc1ccc(Cl)cc1Cl)CC(=O)NN1C(=O)NC(C)(CC)C1=O. The lowest BCUT2D eigenvalue weighted by atomic mass is 10.00. The highest BCUT2D eigenvalue weighted by Gasteiger charge is 2.47. The number of carbonyl (C=O) groups excluding carboxylic acids is 4. The lowest BCUT2D eigenvalue weighted by Crippen LogP contribution is -2.51. The number of nitrogens with zero attached hydrogens (tertiary/aromatic N) is 2. The molecule has 11 heteroatoms. The molecule has 1 unspecified atom stereocenters. The molecule has 0 saturated carbocycles. The highest BCUT2D eigenvalue weighted by atomic mass is 35.5. The van der Waals surface area contributed by atoms with Gasteiger partial charge < -0.3 is 10.6 Å². The van der Waals surface area contributed by atoms with Gasteiger partial charge in [0, 0.05) is 5.02 Å². The molecule has 1 heterocycles. The fourth-order valence-electron chi connectivity index (χ4n) is 2.90. The van der Waals surface area contributed by atoms with Crippen LogP contribution in [-0.4, -0.2) is 58.8 Å². The average Bonchev–Trinajstić information content (AvgIpc) is 2.88. The minimum atomic E-state index is -1.05. The minimum Gasteiger partial charge on any atom is -0.324 e. The number of amides is 5. The lowest BCUT2D eigenvalue weighted by Gasteiger charge is -2.23. The van der Waals surface area contributed by atoms with Gasteiger partial charge in [-0.3, -0.25) is 24.7 Å². The van der Waals surface area contributed by atoms with Crippen molar-refractivity contribution in [3.8, 4) is 0 Å². The maximum absolute atomic E-state index is 12.4. The van der Waals surface area contributed by atoms with Crippen molar-refractivity contribution in [2.75, 3.05) is 25.0 Å². The molecule has 1 fully saturated rings. The number of halogens is 2. The first-order valence-corrected chi connectivity index (χ1v) is 10.3. The molecule has 0 aliphatic carbocycles. The molecule has 9 nitrogen and oxygen atoms in total. The van der Waals surface area contributed by atoms with E-state index in [1.54, 1.807) is 30.9 Å². The summed E-state index contributed by atoms with van der Waals surface area (Å²) >= 11 is 11.9. The summed E-state index contributed by atoms with van der Waals surface area (Å²) in [7, 11) is 0. The van der Waals surface area contributed by atoms with Crippen LogP contribution in [0.3, 0.4) is 0 Å². The zero-order valence-electron chi connectivity index (χ0n) is 17.1. The highest BCUT2D eigenvalue weighted by molar-refractivity contribution is 6.36. The van der Waals surface area contributed by atoms with E-state index in [1.165, 1.54) is 6.07 Å². The molecule has 1 saturated heterocycles. The van der Waals surface area contributed by atoms with Crippen LogP contribution in [0.15, 0.2) is 18.2 Å². The molecule has 0 bridgehead atoms. The van der Waals surface area contributed by atoms with Gasteiger partial charge in [-0.25, -0.2) is 4.79 Å². The molecule has 1 aromatic carbocycles. The normalized spacial score (nSPS) is 18.5. The first-order valence-electron chi connectivity index (χ1n) is 9.53. The predicted octanol–water partition coefficient (Wildman–Crippen LogP) is 2.40. The van der Waals surface area contributed by atoms with Crippen LogP contribution in [0.1, 0.15) is 33.6 Å². The third kappa shape index (κ3) is 5.84. The Bertz CT molecular complexity index is 850. The maximum Gasteiger partial charge on any atom is 0.344 e. The van der Waals surface area contributed by atoms with Gasteiger partial charge in [0.1, 0.15) is 5.54 Å². The van der Waals surface area contributed by atoms with Crippen molar-refractivity contribution in [2.45, 2.75) is 39.2 Å². The summed E-state index contributed by atoms with van der Waals surface area (Å²) < 4.78 is 0. The summed E-state index contributed by atoms with van der Waals surface area (Å²) in [6.45, 7) is 5.47. The van der Waals surface area contributed by atoms with Crippen molar-refractivity contribution >= 4 is 52.6 Å². The number of anilines is 1. The van der Waals surface area contributed by atoms with Crippen molar-refractivity contribution in [1.82, 2.24) is 20.7 Å². The standard InChI is InChI=1S/C19H25Cl2N5O4/c1-4-8-25(10-15(27)22-14-7-6-12(20)9-13(14)21)11-16(28)24-26-17(29)19(3,5-2)23-18(26)30/h6-7,9H,4-5,8,10-11H2,1-3H3,(H,22,27)(H,23,30)(H,24,28). The highest BCUT2D eigenvalue weighted by Crippen LogP contribution is 2.25. The molecule has 1 aliphatic heterocycles. The summed E-state index contributed by atoms with van der Waals surface area (Å²) in [5, 5.41) is 6.66. The van der Waals surface area contributed by atoms with Gasteiger partial charge in [-0.15, -0.1) is 0 Å². The molecule has 1 aromatic rings. The molecule has 1 aliphatic rings. The zero-order chi connectivity index (χ0) is 22.5. The van der Waals surface area contributed by atoms with Crippen molar-refractivity contribution in [3.63, 3.8) is 0 Å². The van der Waals surface area contributed by atoms with Crippen LogP contribution >= 0.6 is 23.2 Å². The second-order valence-electron chi connectivity index (χ2n) is 7.17. The van der Waals surface area contributed by atoms with Gasteiger partial charge in [0.25, 0.3) is 11.8 Å². The van der Waals surface area contributed by atoms with Crippen LogP contribution in [0.2, 0.25) is 10.0 Å². The molecule has 0 spiro atoms. The number of carbonyl (C=O) groups is 4. The Morgan fingerprint density at radius 2 is 1.83 bits per heavy atom. The van der Waals surface area contributed by atoms with Gasteiger partial charge in [0.05, 0.1) is 23.8 Å². The van der Waals surface area contributed by atoms with E-state index < -0.39 is 23.4 Å². The zero-order valence-corrected chi connectivity index (χ0v) is 18.6. The van der Waals surface area contributed by atoms with E-state index in [-0.39, 0.29) is 19.0 Å². The fourth-order valence-corrected chi connectivity index (χ4v) is 3.36. The van der Waals surface area contributed by atoms with E-state index in [1.807, 2.05) is 6.92 Å². The summed E-state index contributed by atoms with van der Waals surface area (Å²) in [6, 6.07) is 4.01. The van der Waals surface area contributed by atoms with Crippen LogP contribution in [0.5, 0.6) is 0 Å². The van der Waals surface area contributed by atoms with Crippen molar-refractivity contribution < 1.29 is 19.2 Å². The summed E-state index contributed by atoms with van der Waals surface area (Å²) in [5.74, 6) is -1.47. The Labute approximate surface area is 185 Å². The summed E-state index contributed by atoms with van der Waals surface area (Å²) in [6.07, 6.45) is 1.08. The average molecular weight is 458 g/mol. The Hall–Kier alpha value is -2.36. The molecular formula is C19H25Cl2N5O4. The molecular weight excluding hydrogens is 433 g/mol. The van der Waals surface area contributed by atoms with Gasteiger partial charge in [-0.2, -0.15) is 5.01 Å². The second-order valence-corrected chi connectivity index (χ2v) is 8.02. The maximum atomic E-state index is 12.4. The van der Waals surface area contributed by atoms with E-state index in [4.69, 9.17) is 23.2 Å². The molecule has 0 radical (unpaired) electrons. The number of hydrogen-bond donors (Lipinski definition) is 3. The first-order chi connectivity index (χ1) is 14.1. The Balaban J connectivity index is 1.96. The second kappa shape index (κ2) is 10.1. The van der Waals surface area contributed by atoms with Gasteiger partial charge in [-0.1, -0.05) is 37.0 Å². The first kappa shape index (κ1) is 23.9. The Morgan fingerprint density at radius 1 is 1.17 bits per heavy atom. The van der Waals surface area contributed by atoms with Crippen molar-refractivity contribution in [2.24, 2.45) is 0 Å². The van der Waals surface area contributed by atoms with Crippen LogP contribution < -0.4 is 16.1 Å². The van der Waals surface area contributed by atoms with E-state index in [0.717, 1.165) is 0 Å². The number of hydrazine groups is 1. The molecule has 30 heavy (non-hydrogen) atoms. The molecule has 3 N–H and O–H groups in total. The molecule has 1 atom stereocenters. The monoisotopic (exact) mass is 457 g/mol. The van der Waals surface area contributed by atoms with Gasteiger partial charge in [0.2, 0.25) is 5.91 Å². The minimum absolute atomic E-state index is 0.0764. The van der Waals surface area contributed by atoms with E-state index >= 15 is 0 Å². The number of imide groups is 1. The van der Waals surface area contributed by atoms with Crippen molar-refractivity contribution in [3.05, 3.63) is 28.2 Å². The predicted molar refractivity (Wildman–Crippen MR) is 114 cm³/mol. The topological polar surface area (TPSA) is 111 Å². The summed E-state index contributed by atoms with van der Waals surface area (Å²) in [4.78, 5) is 50.8. The number of urea groups is 1. The molecule has 164 valence electrons. The Kier molecular flexibility index (Phi) is 8.05.